The fourth-order valence-corrected chi connectivity index (χ4v) is 2.38. The predicted molar refractivity (Wildman–Crippen MR) is 41.6 cm³/mol. The van der Waals surface area contributed by atoms with Gasteiger partial charge in [-0.05, 0) is 25.2 Å². The van der Waals surface area contributed by atoms with Gasteiger partial charge < -0.3 is 0 Å². The molecule has 0 radical (unpaired) electrons. The Balaban J connectivity index is 1.93. The van der Waals surface area contributed by atoms with E-state index in [0.29, 0.717) is 0 Å². The largest absolute Gasteiger partial charge is 0.251 e. The lowest BCUT2D eigenvalue weighted by atomic mass is 10.2. The van der Waals surface area contributed by atoms with Gasteiger partial charge in [-0.15, -0.1) is 0 Å². The molecule has 0 aromatic carbocycles. The molecule has 2 N–H and O–H groups in total. The lowest BCUT2D eigenvalue weighted by Gasteiger charge is -2.08. The zero-order valence-electron chi connectivity index (χ0n) is 6.01. The molecule has 0 saturated heterocycles. The molecule has 2 nitrogen and oxygen atoms in total. The van der Waals surface area contributed by atoms with Gasteiger partial charge in [-0.1, -0.05) is 12.8 Å². The Kier molecular flexibility index (Phi) is 1.39. The van der Waals surface area contributed by atoms with Gasteiger partial charge in [0, 0.05) is 0 Å². The monoisotopic (exact) mass is 159 g/mol. The molecule has 1 atom stereocenters. The van der Waals surface area contributed by atoms with Gasteiger partial charge in [0.05, 0.1) is 15.7 Å². The van der Waals surface area contributed by atoms with E-state index in [1.807, 2.05) is 0 Å². The van der Waals surface area contributed by atoms with Gasteiger partial charge in [-0.25, -0.2) is 4.21 Å². The van der Waals surface area contributed by atoms with E-state index < -0.39 is 11.0 Å². The third-order valence-corrected chi connectivity index (χ3v) is 4.02. The summed E-state index contributed by atoms with van der Waals surface area (Å²) >= 11 is 0. The Bertz CT molecular complexity index is 172. The average molecular weight is 159 g/mol. The van der Waals surface area contributed by atoms with Crippen molar-refractivity contribution in [3.8, 4) is 0 Å². The molecule has 10 heavy (non-hydrogen) atoms. The minimum atomic E-state index is -1.05. The van der Waals surface area contributed by atoms with E-state index in [9.17, 15) is 4.21 Å². The first kappa shape index (κ1) is 6.80. The summed E-state index contributed by atoms with van der Waals surface area (Å²) < 4.78 is 11.1. The summed E-state index contributed by atoms with van der Waals surface area (Å²) in [5, 5.41) is 5.38. The number of hydrogen-bond acceptors (Lipinski definition) is 1. The number of rotatable bonds is 3. The molecule has 2 saturated carbocycles. The van der Waals surface area contributed by atoms with Gasteiger partial charge in [0.25, 0.3) is 0 Å². The molecule has 0 aliphatic heterocycles. The first-order valence-electron chi connectivity index (χ1n) is 3.89. The van der Waals surface area contributed by atoms with Crippen LogP contribution in [0.15, 0.2) is 0 Å². The summed E-state index contributed by atoms with van der Waals surface area (Å²) in [7, 11) is -1.05. The van der Waals surface area contributed by atoms with Gasteiger partial charge >= 0.3 is 0 Å². The van der Waals surface area contributed by atoms with Crippen molar-refractivity contribution in [1.29, 1.82) is 0 Å². The van der Waals surface area contributed by atoms with Crippen LogP contribution in [0.2, 0.25) is 0 Å². The summed E-state index contributed by atoms with van der Waals surface area (Å²) in [6.45, 7) is 0. The van der Waals surface area contributed by atoms with Gasteiger partial charge in [0.2, 0.25) is 0 Å². The van der Waals surface area contributed by atoms with Crippen molar-refractivity contribution < 1.29 is 4.21 Å². The zero-order chi connectivity index (χ0) is 7.19. The Morgan fingerprint density at radius 2 is 2.10 bits per heavy atom. The maximum atomic E-state index is 11.0. The van der Waals surface area contributed by atoms with Crippen molar-refractivity contribution in [3.05, 3.63) is 0 Å². The van der Waals surface area contributed by atoms with Crippen LogP contribution in [0.4, 0.5) is 0 Å². The van der Waals surface area contributed by atoms with E-state index in [1.54, 1.807) is 0 Å². The van der Waals surface area contributed by atoms with Crippen molar-refractivity contribution in [3.63, 3.8) is 0 Å². The van der Waals surface area contributed by atoms with Crippen LogP contribution < -0.4 is 5.14 Å². The molecule has 3 heteroatoms. The molecule has 0 aromatic rings. The van der Waals surface area contributed by atoms with E-state index in [2.05, 4.69) is 0 Å². The Morgan fingerprint density at radius 3 is 2.40 bits per heavy atom. The molecule has 0 aromatic heterocycles. The second-order valence-corrected chi connectivity index (χ2v) is 5.09. The molecule has 2 fully saturated rings. The molecule has 0 spiro atoms. The summed E-state index contributed by atoms with van der Waals surface area (Å²) in [4.78, 5) is 0. The smallest absolute Gasteiger partial charge is 0.0951 e. The average Bonchev–Trinajstić information content (AvgIpc) is 2.65. The first-order valence-corrected chi connectivity index (χ1v) is 5.10. The summed E-state index contributed by atoms with van der Waals surface area (Å²) in [6, 6.07) is 0. The number of nitrogens with two attached hydrogens (primary N) is 1. The lowest BCUT2D eigenvalue weighted by Crippen LogP contribution is -2.23. The van der Waals surface area contributed by atoms with Crippen LogP contribution in [-0.2, 0) is 11.0 Å². The van der Waals surface area contributed by atoms with E-state index in [1.165, 1.54) is 12.8 Å². The van der Waals surface area contributed by atoms with Crippen molar-refractivity contribution in [2.75, 3.05) is 0 Å². The Labute approximate surface area is 63.8 Å². The van der Waals surface area contributed by atoms with Crippen molar-refractivity contribution in [1.82, 2.24) is 0 Å². The fraction of sp³-hybridized carbons (Fsp3) is 1.00. The highest BCUT2D eigenvalue weighted by Gasteiger charge is 2.50. The Morgan fingerprint density at radius 1 is 1.50 bits per heavy atom. The van der Waals surface area contributed by atoms with Crippen molar-refractivity contribution in [2.45, 2.75) is 36.9 Å². The molecule has 0 amide bonds. The minimum absolute atomic E-state index is 0.0845. The maximum absolute atomic E-state index is 11.0. The maximum Gasteiger partial charge on any atom is 0.0951 e. The highest BCUT2D eigenvalue weighted by Crippen LogP contribution is 2.50. The summed E-state index contributed by atoms with van der Waals surface area (Å²) in [5.74, 6) is 0.870. The van der Waals surface area contributed by atoms with Crippen LogP contribution in [0, 0.1) is 5.92 Å². The fourth-order valence-electron chi connectivity index (χ4n) is 1.47. The predicted octanol–water partition coefficient (Wildman–Crippen LogP) is 0.942. The van der Waals surface area contributed by atoms with Crippen LogP contribution in [0.5, 0.6) is 0 Å². The third kappa shape index (κ3) is 1.12. The minimum Gasteiger partial charge on any atom is -0.251 e. The quantitative estimate of drug-likeness (QED) is 0.654. The molecule has 2 rings (SSSR count). The van der Waals surface area contributed by atoms with E-state index in [4.69, 9.17) is 5.14 Å². The molecule has 1 unspecified atom stereocenters. The molecular formula is C7H13NOS. The van der Waals surface area contributed by atoms with Crippen LogP contribution in [-0.4, -0.2) is 8.96 Å². The summed E-state index contributed by atoms with van der Waals surface area (Å²) in [6.07, 6.45) is 6.03. The van der Waals surface area contributed by atoms with E-state index in [0.717, 1.165) is 25.2 Å². The van der Waals surface area contributed by atoms with Gasteiger partial charge in [-0.2, -0.15) is 0 Å². The van der Waals surface area contributed by atoms with Gasteiger partial charge in [0.15, 0.2) is 0 Å². The second-order valence-electron chi connectivity index (χ2n) is 3.63. The van der Waals surface area contributed by atoms with Crippen LogP contribution in [0.25, 0.3) is 0 Å². The van der Waals surface area contributed by atoms with Crippen molar-refractivity contribution >= 4 is 11.0 Å². The standard InChI is InChI=1S/C7H13NOS/c8-10(9)7(3-4-7)5-6-1-2-6/h6H,1-5,8H2. The topological polar surface area (TPSA) is 43.1 Å². The van der Waals surface area contributed by atoms with E-state index in [-0.39, 0.29) is 4.75 Å². The lowest BCUT2D eigenvalue weighted by molar-refractivity contribution is 0.632. The van der Waals surface area contributed by atoms with E-state index >= 15 is 0 Å². The molecule has 2 aliphatic rings. The molecule has 0 heterocycles. The second kappa shape index (κ2) is 2.05. The zero-order valence-corrected chi connectivity index (χ0v) is 6.82. The first-order chi connectivity index (χ1) is 4.73. The highest BCUT2D eigenvalue weighted by atomic mass is 32.2. The Hall–Kier alpha value is 0.110. The normalized spacial score (nSPS) is 31.7. The number of hydrogen-bond donors (Lipinski definition) is 1. The molecule has 2 aliphatic carbocycles. The van der Waals surface area contributed by atoms with Crippen LogP contribution in [0.3, 0.4) is 0 Å². The summed E-state index contributed by atoms with van der Waals surface area (Å²) in [5.41, 5.74) is 0. The highest BCUT2D eigenvalue weighted by molar-refractivity contribution is 7.84. The van der Waals surface area contributed by atoms with Crippen molar-refractivity contribution in [2.24, 2.45) is 11.1 Å². The molecule has 0 bridgehead atoms. The molecule has 58 valence electrons. The van der Waals surface area contributed by atoms with Crippen LogP contribution >= 0.6 is 0 Å². The van der Waals surface area contributed by atoms with Gasteiger partial charge in [0.1, 0.15) is 0 Å². The van der Waals surface area contributed by atoms with Crippen LogP contribution in [0.1, 0.15) is 32.1 Å². The third-order valence-electron chi connectivity index (χ3n) is 2.59. The van der Waals surface area contributed by atoms with Gasteiger partial charge in [-0.3, -0.25) is 5.14 Å². The SMILES string of the molecule is NS(=O)C1(CC2CC2)CC1. The molecular weight excluding hydrogens is 146 g/mol.